The first-order chi connectivity index (χ1) is 12.3. The van der Waals surface area contributed by atoms with Crippen LogP contribution in [0.25, 0.3) is 16.9 Å². The van der Waals surface area contributed by atoms with Crippen LogP contribution in [0.1, 0.15) is 0 Å². The molecule has 0 spiro atoms. The van der Waals surface area contributed by atoms with Crippen molar-refractivity contribution in [2.24, 2.45) is 0 Å². The van der Waals surface area contributed by atoms with Crippen molar-refractivity contribution >= 4 is 0 Å². The quantitative estimate of drug-likeness (QED) is 0.496. The van der Waals surface area contributed by atoms with E-state index in [-0.39, 0.29) is 5.82 Å². The van der Waals surface area contributed by atoms with Gasteiger partial charge < -0.3 is 4.74 Å². The predicted octanol–water partition coefficient (Wildman–Crippen LogP) is 5.47. The van der Waals surface area contributed by atoms with Gasteiger partial charge in [0, 0.05) is 11.8 Å². The van der Waals surface area contributed by atoms with Gasteiger partial charge in [0.1, 0.15) is 17.3 Å². The first-order valence-electron chi connectivity index (χ1n) is 7.93. The first kappa shape index (κ1) is 15.1. The van der Waals surface area contributed by atoms with Gasteiger partial charge in [-0.05, 0) is 66.7 Å². The van der Waals surface area contributed by atoms with Crippen LogP contribution in [0.15, 0.2) is 91.1 Å². The Hall–Kier alpha value is -3.40. The lowest BCUT2D eigenvalue weighted by molar-refractivity contribution is 0.480. The zero-order valence-corrected chi connectivity index (χ0v) is 13.3. The van der Waals surface area contributed by atoms with Crippen molar-refractivity contribution < 1.29 is 9.13 Å². The highest BCUT2D eigenvalue weighted by Gasteiger charge is 2.05. The third kappa shape index (κ3) is 3.43. The highest BCUT2D eigenvalue weighted by atomic mass is 19.1. The van der Waals surface area contributed by atoms with Crippen molar-refractivity contribution in [2.45, 2.75) is 0 Å². The molecular weight excluding hydrogens is 315 g/mol. The third-order valence-corrected chi connectivity index (χ3v) is 3.81. The average molecular weight is 330 g/mol. The number of ether oxygens (including phenoxy) is 1. The van der Waals surface area contributed by atoms with Crippen LogP contribution in [0, 0.1) is 5.82 Å². The maximum atomic E-state index is 12.9. The molecule has 0 aliphatic heterocycles. The minimum absolute atomic E-state index is 0.281. The van der Waals surface area contributed by atoms with E-state index < -0.39 is 0 Å². The maximum absolute atomic E-state index is 12.9. The molecule has 0 aliphatic rings. The van der Waals surface area contributed by atoms with E-state index in [1.165, 1.54) is 12.1 Å². The van der Waals surface area contributed by atoms with E-state index in [4.69, 9.17) is 4.74 Å². The molecule has 0 unspecified atom stereocenters. The zero-order valence-electron chi connectivity index (χ0n) is 13.3. The Morgan fingerprint density at radius 1 is 0.720 bits per heavy atom. The lowest BCUT2D eigenvalue weighted by atomic mass is 10.1. The van der Waals surface area contributed by atoms with E-state index in [0.29, 0.717) is 11.5 Å². The number of benzene rings is 3. The Morgan fingerprint density at radius 3 is 2.04 bits per heavy atom. The fourth-order valence-corrected chi connectivity index (χ4v) is 2.53. The van der Waals surface area contributed by atoms with E-state index in [0.717, 1.165) is 16.9 Å². The fraction of sp³-hybridized carbons (Fsp3) is 0. The van der Waals surface area contributed by atoms with Gasteiger partial charge in [0.15, 0.2) is 0 Å². The highest BCUT2D eigenvalue weighted by molar-refractivity contribution is 5.60. The standard InChI is InChI=1S/C21H15FN2O/c22-17-8-12-20(13-9-17)25-19-10-6-16(7-11-19)21-14-15-24(23-21)18-4-2-1-3-5-18/h1-15H. The van der Waals surface area contributed by atoms with Crippen LogP contribution in [0.3, 0.4) is 0 Å². The third-order valence-electron chi connectivity index (χ3n) is 3.81. The first-order valence-corrected chi connectivity index (χ1v) is 7.93. The summed E-state index contributed by atoms with van der Waals surface area (Å²) in [5.74, 6) is 1.01. The Labute approximate surface area is 144 Å². The number of rotatable bonds is 4. The summed E-state index contributed by atoms with van der Waals surface area (Å²) in [6, 6.07) is 25.6. The molecule has 0 aliphatic carbocycles. The summed E-state index contributed by atoms with van der Waals surface area (Å²) in [4.78, 5) is 0. The van der Waals surface area contributed by atoms with Crippen molar-refractivity contribution in [3.05, 3.63) is 96.9 Å². The minimum Gasteiger partial charge on any atom is -0.457 e. The number of nitrogens with zero attached hydrogens (tertiary/aromatic N) is 2. The Kier molecular flexibility index (Phi) is 4.01. The van der Waals surface area contributed by atoms with Crippen LogP contribution in [0.4, 0.5) is 4.39 Å². The van der Waals surface area contributed by atoms with Crippen LogP contribution >= 0.6 is 0 Å². The fourth-order valence-electron chi connectivity index (χ4n) is 2.53. The van der Waals surface area contributed by atoms with Crippen molar-refractivity contribution in [1.82, 2.24) is 9.78 Å². The summed E-state index contributed by atoms with van der Waals surface area (Å²) in [6.07, 6.45) is 1.94. The van der Waals surface area contributed by atoms with Gasteiger partial charge in [0.2, 0.25) is 0 Å². The van der Waals surface area contributed by atoms with Crippen LogP contribution in [-0.4, -0.2) is 9.78 Å². The van der Waals surface area contributed by atoms with Gasteiger partial charge in [-0.25, -0.2) is 9.07 Å². The summed E-state index contributed by atoms with van der Waals surface area (Å²) in [6.45, 7) is 0. The number of hydrogen-bond donors (Lipinski definition) is 0. The van der Waals surface area contributed by atoms with E-state index in [9.17, 15) is 4.39 Å². The highest BCUT2D eigenvalue weighted by Crippen LogP contribution is 2.25. The smallest absolute Gasteiger partial charge is 0.127 e. The number of aromatic nitrogens is 2. The lowest BCUT2D eigenvalue weighted by Crippen LogP contribution is -1.94. The summed E-state index contributed by atoms with van der Waals surface area (Å²) in [5, 5.41) is 4.61. The van der Waals surface area contributed by atoms with E-state index in [2.05, 4.69) is 5.10 Å². The summed E-state index contributed by atoms with van der Waals surface area (Å²) in [7, 11) is 0. The average Bonchev–Trinajstić information content (AvgIpc) is 3.15. The van der Waals surface area contributed by atoms with Gasteiger partial charge in [0.05, 0.1) is 11.4 Å². The SMILES string of the molecule is Fc1ccc(Oc2ccc(-c3ccn(-c4ccccc4)n3)cc2)cc1. The van der Waals surface area contributed by atoms with E-state index in [1.54, 1.807) is 12.1 Å². The Bertz CT molecular complexity index is 961. The molecule has 4 aromatic rings. The van der Waals surface area contributed by atoms with Crippen LogP contribution in [0.5, 0.6) is 11.5 Å². The molecule has 0 radical (unpaired) electrons. The number of para-hydroxylation sites is 1. The molecule has 0 fully saturated rings. The molecule has 3 nitrogen and oxygen atoms in total. The molecular formula is C21H15FN2O. The molecule has 0 saturated carbocycles. The molecule has 0 bridgehead atoms. The Balaban J connectivity index is 1.52. The second kappa shape index (κ2) is 6.61. The molecule has 0 atom stereocenters. The monoisotopic (exact) mass is 330 g/mol. The summed E-state index contributed by atoms with van der Waals surface area (Å²) < 4.78 is 20.5. The molecule has 0 saturated heterocycles. The normalized spacial score (nSPS) is 10.6. The van der Waals surface area contributed by atoms with Crippen LogP contribution < -0.4 is 4.74 Å². The molecule has 25 heavy (non-hydrogen) atoms. The van der Waals surface area contributed by atoms with Crippen LogP contribution in [0.2, 0.25) is 0 Å². The zero-order chi connectivity index (χ0) is 17.1. The molecule has 0 N–H and O–H groups in total. The minimum atomic E-state index is -0.281. The molecule has 3 aromatic carbocycles. The van der Waals surface area contributed by atoms with Gasteiger partial charge in [-0.2, -0.15) is 5.10 Å². The number of halogens is 1. The molecule has 4 rings (SSSR count). The van der Waals surface area contributed by atoms with Gasteiger partial charge in [0.25, 0.3) is 0 Å². The Morgan fingerprint density at radius 2 is 1.36 bits per heavy atom. The lowest BCUT2D eigenvalue weighted by Gasteiger charge is -2.06. The molecule has 1 heterocycles. The molecule has 0 amide bonds. The van der Waals surface area contributed by atoms with Gasteiger partial charge in [-0.1, -0.05) is 18.2 Å². The molecule has 122 valence electrons. The molecule has 4 heteroatoms. The van der Waals surface area contributed by atoms with Crippen molar-refractivity contribution in [1.29, 1.82) is 0 Å². The second-order valence-electron chi connectivity index (χ2n) is 5.56. The van der Waals surface area contributed by atoms with Gasteiger partial charge in [-0.3, -0.25) is 0 Å². The summed E-state index contributed by atoms with van der Waals surface area (Å²) in [5.41, 5.74) is 2.91. The van der Waals surface area contributed by atoms with E-state index in [1.807, 2.05) is 71.5 Å². The van der Waals surface area contributed by atoms with Crippen LogP contribution in [-0.2, 0) is 0 Å². The second-order valence-corrected chi connectivity index (χ2v) is 5.56. The van der Waals surface area contributed by atoms with Crippen molar-refractivity contribution in [3.8, 4) is 28.4 Å². The molecule has 1 aromatic heterocycles. The van der Waals surface area contributed by atoms with Gasteiger partial charge >= 0.3 is 0 Å². The van der Waals surface area contributed by atoms with Gasteiger partial charge in [-0.15, -0.1) is 0 Å². The predicted molar refractivity (Wildman–Crippen MR) is 95.5 cm³/mol. The van der Waals surface area contributed by atoms with Crippen molar-refractivity contribution in [3.63, 3.8) is 0 Å². The topological polar surface area (TPSA) is 27.1 Å². The summed E-state index contributed by atoms with van der Waals surface area (Å²) >= 11 is 0. The number of hydrogen-bond acceptors (Lipinski definition) is 2. The van der Waals surface area contributed by atoms with Crippen molar-refractivity contribution in [2.75, 3.05) is 0 Å². The van der Waals surface area contributed by atoms with E-state index >= 15 is 0 Å². The maximum Gasteiger partial charge on any atom is 0.127 e. The largest absolute Gasteiger partial charge is 0.457 e.